The summed E-state index contributed by atoms with van der Waals surface area (Å²) in [6, 6.07) is 11.7. The Labute approximate surface area is 194 Å². The Morgan fingerprint density at radius 1 is 0.939 bits per heavy atom. The van der Waals surface area contributed by atoms with E-state index in [9.17, 15) is 9.59 Å². The molecule has 2 aliphatic rings. The van der Waals surface area contributed by atoms with Gasteiger partial charge in [0.25, 0.3) is 0 Å². The molecule has 0 saturated carbocycles. The van der Waals surface area contributed by atoms with Gasteiger partial charge in [0.05, 0.1) is 11.0 Å². The van der Waals surface area contributed by atoms with E-state index in [0.717, 1.165) is 49.2 Å². The van der Waals surface area contributed by atoms with Crippen molar-refractivity contribution in [2.75, 3.05) is 26.3 Å². The number of amides is 2. The van der Waals surface area contributed by atoms with Gasteiger partial charge >= 0.3 is 6.09 Å². The molecule has 2 aromatic carbocycles. The normalized spacial score (nSPS) is 18.0. The molecule has 4 rings (SSSR count). The van der Waals surface area contributed by atoms with Gasteiger partial charge in [-0.2, -0.15) is 0 Å². The van der Waals surface area contributed by atoms with E-state index in [1.54, 1.807) is 0 Å². The van der Waals surface area contributed by atoms with Crippen molar-refractivity contribution in [3.05, 3.63) is 53.1 Å². The van der Waals surface area contributed by atoms with Gasteiger partial charge in [-0.15, -0.1) is 0 Å². The summed E-state index contributed by atoms with van der Waals surface area (Å²) in [6.45, 7) is 5.83. The van der Waals surface area contributed by atoms with Gasteiger partial charge < -0.3 is 24.8 Å². The number of hydrogen-bond donors (Lipinski definition) is 2. The number of carbonyl (C=O) groups is 2. The van der Waals surface area contributed by atoms with Crippen molar-refractivity contribution < 1.29 is 23.8 Å². The quantitative estimate of drug-likeness (QED) is 0.591. The summed E-state index contributed by atoms with van der Waals surface area (Å²) in [4.78, 5) is 23.3. The van der Waals surface area contributed by atoms with Crippen molar-refractivity contribution >= 4 is 12.0 Å². The number of aryl methyl sites for hydroxylation is 1. The van der Waals surface area contributed by atoms with Gasteiger partial charge in [0.2, 0.25) is 5.91 Å². The molecule has 1 spiro atoms. The van der Waals surface area contributed by atoms with Crippen LogP contribution in [0.5, 0.6) is 17.2 Å². The topological polar surface area (TPSA) is 85.9 Å². The van der Waals surface area contributed by atoms with Crippen LogP contribution in [0.2, 0.25) is 0 Å². The van der Waals surface area contributed by atoms with Crippen LogP contribution in [-0.4, -0.2) is 38.3 Å². The Morgan fingerprint density at radius 2 is 1.61 bits per heavy atom. The van der Waals surface area contributed by atoms with Gasteiger partial charge in [0, 0.05) is 20.0 Å². The fourth-order valence-corrected chi connectivity index (χ4v) is 4.62. The molecule has 7 heteroatoms. The summed E-state index contributed by atoms with van der Waals surface area (Å²) in [5, 5.41) is 5.63. The van der Waals surface area contributed by atoms with Crippen LogP contribution in [0.15, 0.2) is 36.4 Å². The maximum Gasteiger partial charge on any atom is 0.412 e. The van der Waals surface area contributed by atoms with E-state index in [-0.39, 0.29) is 11.3 Å². The Bertz CT molecular complexity index is 1020. The van der Waals surface area contributed by atoms with Gasteiger partial charge in [-0.05, 0) is 55.5 Å². The molecule has 2 aliphatic heterocycles. The van der Waals surface area contributed by atoms with Gasteiger partial charge in [0.15, 0.2) is 0 Å². The lowest BCUT2D eigenvalue weighted by molar-refractivity contribution is -0.118. The molecule has 0 aliphatic carbocycles. The molecule has 176 valence electrons. The number of nitrogens with one attached hydrogen (secondary N) is 2. The molecule has 0 radical (unpaired) electrons. The smallest absolute Gasteiger partial charge is 0.412 e. The Kier molecular flexibility index (Phi) is 7.06. The number of ether oxygens (including phenoxy) is 3. The lowest BCUT2D eigenvalue weighted by Gasteiger charge is -2.35. The molecular formula is C26H32N2O5. The summed E-state index contributed by atoms with van der Waals surface area (Å²) >= 11 is 0. The van der Waals surface area contributed by atoms with E-state index in [1.807, 2.05) is 30.3 Å². The largest absolute Gasteiger partial charge is 0.492 e. The number of benzene rings is 2. The summed E-state index contributed by atoms with van der Waals surface area (Å²) in [5.41, 5.74) is 2.90. The average Bonchev–Trinajstić information content (AvgIpc) is 3.15. The number of fused-ring (bicyclic) bond motifs is 3. The van der Waals surface area contributed by atoms with Crippen LogP contribution < -0.4 is 24.8 Å². The van der Waals surface area contributed by atoms with E-state index in [4.69, 9.17) is 14.2 Å². The molecule has 33 heavy (non-hydrogen) atoms. The summed E-state index contributed by atoms with van der Waals surface area (Å²) < 4.78 is 17.9. The van der Waals surface area contributed by atoms with E-state index in [2.05, 4.69) is 23.6 Å². The zero-order valence-corrected chi connectivity index (χ0v) is 19.4. The zero-order valence-electron chi connectivity index (χ0n) is 19.4. The van der Waals surface area contributed by atoms with Crippen LogP contribution in [-0.2, 0) is 16.6 Å². The van der Waals surface area contributed by atoms with Crippen molar-refractivity contribution in [1.82, 2.24) is 10.6 Å². The molecule has 1 unspecified atom stereocenters. The standard InChI is InChI=1S/C26H32N2O5/c1-18-9-7-10-21-20(18)15-26(16-31-21)17-32-22-11-8-12-23(24(22)26)33-25(30)28-14-6-4-3-5-13-27-19(2)29/h7-12H,3-6,13-17H2,1-2H3,(H,27,29)(H,28,30). The minimum atomic E-state index is -0.461. The molecule has 2 heterocycles. The third-order valence-electron chi connectivity index (χ3n) is 6.36. The highest BCUT2D eigenvalue weighted by atomic mass is 16.6. The zero-order chi connectivity index (χ0) is 23.3. The van der Waals surface area contributed by atoms with Crippen molar-refractivity contribution in [3.63, 3.8) is 0 Å². The van der Waals surface area contributed by atoms with Crippen molar-refractivity contribution in [2.24, 2.45) is 0 Å². The lowest BCUT2D eigenvalue weighted by Crippen LogP contribution is -2.41. The molecule has 0 bridgehead atoms. The number of rotatable bonds is 8. The third-order valence-corrected chi connectivity index (χ3v) is 6.36. The highest BCUT2D eigenvalue weighted by molar-refractivity contribution is 5.73. The fourth-order valence-electron chi connectivity index (χ4n) is 4.62. The predicted octanol–water partition coefficient (Wildman–Crippen LogP) is 4.05. The van der Waals surface area contributed by atoms with Gasteiger partial charge in [0.1, 0.15) is 30.5 Å². The highest BCUT2D eigenvalue weighted by Crippen LogP contribution is 2.49. The number of hydrogen-bond acceptors (Lipinski definition) is 5. The Hall–Kier alpha value is -3.22. The number of unbranched alkanes of at least 4 members (excludes halogenated alkanes) is 3. The monoisotopic (exact) mass is 452 g/mol. The van der Waals surface area contributed by atoms with Gasteiger partial charge in [-0.25, -0.2) is 4.79 Å². The van der Waals surface area contributed by atoms with Gasteiger partial charge in [-0.1, -0.05) is 31.0 Å². The van der Waals surface area contributed by atoms with Crippen LogP contribution in [0, 0.1) is 6.92 Å². The van der Waals surface area contributed by atoms with E-state index in [1.165, 1.54) is 18.1 Å². The second-order valence-corrected chi connectivity index (χ2v) is 8.93. The summed E-state index contributed by atoms with van der Waals surface area (Å²) in [6.07, 6.45) is 4.10. The van der Waals surface area contributed by atoms with E-state index in [0.29, 0.717) is 32.1 Å². The Balaban J connectivity index is 1.34. The van der Waals surface area contributed by atoms with Crippen LogP contribution in [0.25, 0.3) is 0 Å². The van der Waals surface area contributed by atoms with Crippen LogP contribution >= 0.6 is 0 Å². The minimum absolute atomic E-state index is 0.00174. The summed E-state index contributed by atoms with van der Waals surface area (Å²) in [5.74, 6) is 2.19. The molecule has 0 fully saturated rings. The minimum Gasteiger partial charge on any atom is -0.492 e. The first kappa shape index (κ1) is 23.0. The molecular weight excluding hydrogens is 420 g/mol. The molecule has 2 amide bonds. The van der Waals surface area contributed by atoms with Crippen molar-refractivity contribution in [1.29, 1.82) is 0 Å². The molecule has 1 atom stereocenters. The molecule has 0 aromatic heterocycles. The first-order chi connectivity index (χ1) is 16.0. The van der Waals surface area contributed by atoms with Crippen molar-refractivity contribution in [2.45, 2.75) is 51.4 Å². The first-order valence-corrected chi connectivity index (χ1v) is 11.7. The average molecular weight is 453 g/mol. The maximum atomic E-state index is 12.5. The van der Waals surface area contributed by atoms with Crippen LogP contribution in [0.4, 0.5) is 4.79 Å². The fraction of sp³-hybridized carbons (Fsp3) is 0.462. The third kappa shape index (κ3) is 5.24. The number of carbonyl (C=O) groups excluding carboxylic acids is 2. The van der Waals surface area contributed by atoms with Crippen molar-refractivity contribution in [3.8, 4) is 17.2 Å². The Morgan fingerprint density at radius 3 is 2.36 bits per heavy atom. The van der Waals surface area contributed by atoms with Crippen LogP contribution in [0.3, 0.4) is 0 Å². The molecule has 0 saturated heterocycles. The van der Waals surface area contributed by atoms with Crippen LogP contribution in [0.1, 0.15) is 49.3 Å². The first-order valence-electron chi connectivity index (χ1n) is 11.7. The molecule has 2 aromatic rings. The maximum absolute atomic E-state index is 12.5. The SMILES string of the molecule is CC(=O)NCCCCCCNC(=O)Oc1cccc2c1C1(COc3cccc(C)c3C1)CO2. The molecule has 2 N–H and O–H groups in total. The van der Waals surface area contributed by atoms with Gasteiger partial charge in [-0.3, -0.25) is 4.79 Å². The van der Waals surface area contributed by atoms with E-state index < -0.39 is 6.09 Å². The van der Waals surface area contributed by atoms with E-state index >= 15 is 0 Å². The second-order valence-electron chi connectivity index (χ2n) is 8.93. The lowest BCUT2D eigenvalue weighted by atomic mass is 9.75. The highest BCUT2D eigenvalue weighted by Gasteiger charge is 2.47. The predicted molar refractivity (Wildman–Crippen MR) is 125 cm³/mol. The molecule has 7 nitrogen and oxygen atoms in total. The summed E-state index contributed by atoms with van der Waals surface area (Å²) in [7, 11) is 0. The second kappa shape index (κ2) is 10.1.